The lowest BCUT2D eigenvalue weighted by Gasteiger charge is -2.33. The molecule has 2 N–H and O–H groups in total. The van der Waals surface area contributed by atoms with Gasteiger partial charge < -0.3 is 10.5 Å². The average molecular weight is 272 g/mol. The second kappa shape index (κ2) is 7.40. The quantitative estimate of drug-likeness (QED) is 0.829. The highest BCUT2D eigenvalue weighted by Crippen LogP contribution is 2.31. The minimum absolute atomic E-state index is 0.222. The molecule has 0 saturated heterocycles. The van der Waals surface area contributed by atoms with Crippen molar-refractivity contribution in [3.05, 3.63) is 29.8 Å². The highest BCUT2D eigenvalue weighted by Gasteiger charge is 2.27. The summed E-state index contributed by atoms with van der Waals surface area (Å²) in [6.45, 7) is 1.64. The molecule has 1 aromatic rings. The van der Waals surface area contributed by atoms with Gasteiger partial charge in [-0.1, -0.05) is 25.1 Å². The first-order valence-electron chi connectivity index (χ1n) is 6.38. The summed E-state index contributed by atoms with van der Waals surface area (Å²) in [7, 11) is 3.24. The Labute approximate surface area is 113 Å². The molecule has 19 heavy (non-hydrogen) atoms. The van der Waals surface area contributed by atoms with Gasteiger partial charge in [-0.25, -0.2) is 8.78 Å². The minimum Gasteiger partial charge on any atom is -0.496 e. The Hall–Kier alpha value is -1.20. The van der Waals surface area contributed by atoms with E-state index in [1.54, 1.807) is 19.1 Å². The number of para-hydroxylation sites is 1. The van der Waals surface area contributed by atoms with Gasteiger partial charge in [-0.15, -0.1) is 0 Å². The van der Waals surface area contributed by atoms with Crippen molar-refractivity contribution < 1.29 is 13.5 Å². The largest absolute Gasteiger partial charge is 0.496 e. The molecule has 1 rings (SSSR count). The fraction of sp³-hybridized carbons (Fsp3) is 0.571. The molecule has 0 aromatic heterocycles. The van der Waals surface area contributed by atoms with E-state index in [1.165, 1.54) is 0 Å². The van der Waals surface area contributed by atoms with Crippen LogP contribution in [-0.2, 0) is 0 Å². The summed E-state index contributed by atoms with van der Waals surface area (Å²) in [6.07, 6.45) is -1.68. The van der Waals surface area contributed by atoms with Crippen molar-refractivity contribution in [3.63, 3.8) is 0 Å². The van der Waals surface area contributed by atoms with Crippen molar-refractivity contribution >= 4 is 0 Å². The topological polar surface area (TPSA) is 38.5 Å². The monoisotopic (exact) mass is 272 g/mol. The Kier molecular flexibility index (Phi) is 6.18. The van der Waals surface area contributed by atoms with E-state index < -0.39 is 6.43 Å². The smallest absolute Gasteiger partial charge is 0.251 e. The molecule has 3 nitrogen and oxygen atoms in total. The zero-order valence-corrected chi connectivity index (χ0v) is 11.6. The van der Waals surface area contributed by atoms with Crippen molar-refractivity contribution in [2.75, 3.05) is 20.7 Å². The van der Waals surface area contributed by atoms with E-state index in [4.69, 9.17) is 10.5 Å². The van der Waals surface area contributed by atoms with Crippen LogP contribution >= 0.6 is 0 Å². The van der Waals surface area contributed by atoms with Crippen molar-refractivity contribution in [2.45, 2.75) is 31.9 Å². The molecule has 5 heteroatoms. The second-order valence-electron chi connectivity index (χ2n) is 4.59. The number of methoxy groups -OCH3 is 1. The van der Waals surface area contributed by atoms with E-state index in [2.05, 4.69) is 0 Å². The summed E-state index contributed by atoms with van der Waals surface area (Å²) < 4.78 is 30.5. The van der Waals surface area contributed by atoms with E-state index in [0.29, 0.717) is 12.2 Å². The first-order chi connectivity index (χ1) is 9.01. The Morgan fingerprint density at radius 1 is 1.32 bits per heavy atom. The fourth-order valence-corrected chi connectivity index (χ4v) is 2.26. The maximum Gasteiger partial charge on any atom is 0.251 e. The fourth-order valence-electron chi connectivity index (χ4n) is 2.26. The van der Waals surface area contributed by atoms with Crippen molar-refractivity contribution in [3.8, 4) is 5.75 Å². The highest BCUT2D eigenvalue weighted by molar-refractivity contribution is 5.36. The van der Waals surface area contributed by atoms with Crippen LogP contribution in [0.15, 0.2) is 24.3 Å². The third-order valence-electron chi connectivity index (χ3n) is 3.24. The predicted octanol–water partition coefficient (Wildman–Crippen LogP) is 2.67. The molecule has 0 spiro atoms. The summed E-state index contributed by atoms with van der Waals surface area (Å²) in [5.74, 6) is 0.678. The maximum atomic E-state index is 12.6. The van der Waals surface area contributed by atoms with Crippen LogP contribution in [0, 0.1) is 0 Å². The van der Waals surface area contributed by atoms with Gasteiger partial charge >= 0.3 is 0 Å². The molecule has 108 valence electrons. The SMILES string of the molecule is CCC(N)C(c1ccccc1OC)N(C)CC(F)F. The Morgan fingerprint density at radius 3 is 2.47 bits per heavy atom. The lowest BCUT2D eigenvalue weighted by atomic mass is 9.96. The number of alkyl halides is 2. The summed E-state index contributed by atoms with van der Waals surface area (Å²) >= 11 is 0. The van der Waals surface area contributed by atoms with Crippen molar-refractivity contribution in [1.29, 1.82) is 0 Å². The summed E-state index contributed by atoms with van der Waals surface area (Å²) in [5, 5.41) is 0. The summed E-state index contributed by atoms with van der Waals surface area (Å²) in [5.41, 5.74) is 6.96. The van der Waals surface area contributed by atoms with Gasteiger partial charge in [-0.2, -0.15) is 0 Å². The van der Waals surface area contributed by atoms with Crippen LogP contribution in [0.25, 0.3) is 0 Å². The molecule has 1 aromatic carbocycles. The van der Waals surface area contributed by atoms with Gasteiger partial charge in [0.05, 0.1) is 19.7 Å². The highest BCUT2D eigenvalue weighted by atomic mass is 19.3. The molecule has 0 aliphatic carbocycles. The molecular weight excluding hydrogens is 250 g/mol. The number of halogens is 2. The first-order valence-corrected chi connectivity index (χ1v) is 6.38. The van der Waals surface area contributed by atoms with Crippen LogP contribution in [0.3, 0.4) is 0 Å². The van der Waals surface area contributed by atoms with E-state index in [0.717, 1.165) is 5.56 Å². The predicted molar refractivity (Wildman–Crippen MR) is 72.6 cm³/mol. The minimum atomic E-state index is -2.38. The molecule has 0 fully saturated rings. The summed E-state index contributed by atoms with van der Waals surface area (Å²) in [6, 6.07) is 6.91. The van der Waals surface area contributed by atoms with Gasteiger partial charge in [0.1, 0.15) is 5.75 Å². The van der Waals surface area contributed by atoms with Crippen molar-refractivity contribution in [1.82, 2.24) is 4.90 Å². The number of hydrogen-bond donors (Lipinski definition) is 1. The standard InChI is InChI=1S/C14H22F2N2O/c1-4-11(17)14(18(2)9-13(15)16)10-7-5-6-8-12(10)19-3/h5-8,11,13-14H,4,9,17H2,1-3H3. The van der Waals surface area contributed by atoms with E-state index >= 15 is 0 Å². The van der Waals surface area contributed by atoms with Crippen LogP contribution in [-0.4, -0.2) is 38.1 Å². The second-order valence-corrected chi connectivity index (χ2v) is 4.59. The van der Waals surface area contributed by atoms with Gasteiger partial charge in [-0.05, 0) is 19.5 Å². The summed E-state index contributed by atoms with van der Waals surface area (Å²) in [4.78, 5) is 1.59. The lowest BCUT2D eigenvalue weighted by molar-refractivity contribution is 0.0728. The third kappa shape index (κ3) is 4.14. The van der Waals surface area contributed by atoms with Gasteiger partial charge in [0.2, 0.25) is 0 Å². The van der Waals surface area contributed by atoms with Gasteiger partial charge in [0.15, 0.2) is 0 Å². The van der Waals surface area contributed by atoms with Gasteiger partial charge in [0.25, 0.3) is 6.43 Å². The molecule has 0 heterocycles. The number of rotatable bonds is 7. The molecule has 0 amide bonds. The Morgan fingerprint density at radius 2 is 1.95 bits per heavy atom. The zero-order chi connectivity index (χ0) is 14.4. The van der Waals surface area contributed by atoms with E-state index in [1.807, 2.05) is 31.2 Å². The zero-order valence-electron chi connectivity index (χ0n) is 11.6. The number of benzene rings is 1. The third-order valence-corrected chi connectivity index (χ3v) is 3.24. The molecule has 0 bridgehead atoms. The molecule has 0 saturated carbocycles. The average Bonchev–Trinajstić information content (AvgIpc) is 2.38. The maximum absolute atomic E-state index is 12.6. The number of likely N-dealkylation sites (N-methyl/N-ethyl adjacent to an activating group) is 1. The number of nitrogens with zero attached hydrogens (tertiary/aromatic N) is 1. The lowest BCUT2D eigenvalue weighted by Crippen LogP contribution is -2.41. The van der Waals surface area contributed by atoms with Crippen LogP contribution in [0.1, 0.15) is 24.9 Å². The molecule has 2 atom stereocenters. The van der Waals surface area contributed by atoms with E-state index in [-0.39, 0.29) is 18.6 Å². The Balaban J connectivity index is 3.08. The van der Waals surface area contributed by atoms with Gasteiger partial charge in [-0.3, -0.25) is 4.90 Å². The molecular formula is C14H22F2N2O. The van der Waals surface area contributed by atoms with E-state index in [9.17, 15) is 8.78 Å². The van der Waals surface area contributed by atoms with Crippen LogP contribution in [0.4, 0.5) is 8.78 Å². The number of nitrogens with two attached hydrogens (primary N) is 1. The molecule has 0 aliphatic rings. The number of hydrogen-bond acceptors (Lipinski definition) is 3. The molecule has 0 radical (unpaired) electrons. The first kappa shape index (κ1) is 15.9. The molecule has 0 aliphatic heterocycles. The van der Waals surface area contributed by atoms with Crippen LogP contribution in [0.5, 0.6) is 5.75 Å². The molecule has 2 unspecified atom stereocenters. The normalized spacial score (nSPS) is 14.7. The van der Waals surface area contributed by atoms with Crippen molar-refractivity contribution in [2.24, 2.45) is 5.73 Å². The Bertz CT molecular complexity index is 387. The van der Waals surface area contributed by atoms with Gasteiger partial charge in [0, 0.05) is 11.6 Å². The van der Waals surface area contributed by atoms with Crippen LogP contribution < -0.4 is 10.5 Å². The number of ether oxygens (including phenoxy) is 1. The van der Waals surface area contributed by atoms with Crippen LogP contribution in [0.2, 0.25) is 0 Å².